The van der Waals surface area contributed by atoms with Crippen LogP contribution < -0.4 is 0 Å². The molecule has 38 heavy (non-hydrogen) atoms. The number of ether oxygens (including phenoxy) is 3. The fourth-order valence-electron chi connectivity index (χ4n) is 4.09. The molecule has 1 aliphatic rings. The first kappa shape index (κ1) is 32.1. The topological polar surface area (TPSA) is 65.0 Å². The third kappa shape index (κ3) is 9.88. The predicted molar refractivity (Wildman–Crippen MR) is 145 cm³/mol. The molecule has 4 atom stereocenters. The second-order valence-electron chi connectivity index (χ2n) is 11.7. The van der Waals surface area contributed by atoms with Gasteiger partial charge in [-0.15, -0.1) is 0 Å². The summed E-state index contributed by atoms with van der Waals surface area (Å²) in [5.74, 6) is 1.98. The van der Waals surface area contributed by atoms with Crippen molar-refractivity contribution in [2.75, 3.05) is 6.61 Å². The molecule has 5 nitrogen and oxygen atoms in total. The summed E-state index contributed by atoms with van der Waals surface area (Å²) in [5, 5.41) is 10.6. The number of hydrogen-bond donors (Lipinski definition) is 1. The Bertz CT molecular complexity index is 1060. The monoisotopic (exact) mass is 554 g/mol. The fraction of sp³-hybridized carbons (Fsp3) is 0.621. The van der Waals surface area contributed by atoms with Crippen LogP contribution in [0.25, 0.3) is 6.08 Å². The van der Waals surface area contributed by atoms with Crippen molar-refractivity contribution in [3.05, 3.63) is 40.5 Å². The lowest BCUT2D eigenvalue weighted by Gasteiger charge is -2.18. The Morgan fingerprint density at radius 1 is 1.24 bits per heavy atom. The zero-order chi connectivity index (χ0) is 28.9. The second kappa shape index (κ2) is 12.8. The molecule has 1 aromatic carbocycles. The molecule has 2 unspecified atom stereocenters. The highest BCUT2D eigenvalue weighted by Gasteiger charge is 2.44. The molecule has 1 N–H and O–H groups in total. The third-order valence-electron chi connectivity index (χ3n) is 6.22. The van der Waals surface area contributed by atoms with E-state index in [-0.39, 0.29) is 5.97 Å². The van der Waals surface area contributed by atoms with Crippen molar-refractivity contribution in [3.8, 4) is 11.8 Å². The molecule has 1 aliphatic heterocycles. The van der Waals surface area contributed by atoms with E-state index in [1.165, 1.54) is 0 Å². The number of halogens is 3. The maximum Gasteiger partial charge on any atom is 0.392 e. The lowest BCUT2D eigenvalue weighted by molar-refractivity contribution is -0.167. The SMILES string of the molecule is Cc1cc(C)c(C(=O)OCC[Si](C)(C)C)c(/C=C/C[C@@H]2OC(C)(C)O[C@@H]2C(O)C#CCC(C)C(F)(F)F)c1. The van der Waals surface area contributed by atoms with E-state index in [2.05, 4.69) is 31.5 Å². The standard InChI is InChI=1S/C29H41F3O5Si/c1-19-17-20(2)25(27(34)35-15-16-38(6,7)8)22(18-19)12-10-14-24-26(37-28(4,5)36-24)23(33)13-9-11-21(3)29(30,31)32/h10,12,17-18,21,23-24,26,33H,11,14-16H2,1-8H3/b12-10+/t21?,23?,24-,26+/m0/s1. The summed E-state index contributed by atoms with van der Waals surface area (Å²) in [6, 6.07) is 4.73. The van der Waals surface area contributed by atoms with Gasteiger partial charge in [-0.2, -0.15) is 13.2 Å². The van der Waals surface area contributed by atoms with Crippen molar-refractivity contribution >= 4 is 20.1 Å². The van der Waals surface area contributed by atoms with Crippen LogP contribution in [0, 0.1) is 31.6 Å². The maximum absolute atomic E-state index is 12.9. The van der Waals surface area contributed by atoms with Gasteiger partial charge in [0.2, 0.25) is 0 Å². The van der Waals surface area contributed by atoms with Crippen LogP contribution >= 0.6 is 0 Å². The summed E-state index contributed by atoms with van der Waals surface area (Å²) in [7, 11) is -1.34. The normalized spacial score (nSPS) is 21.2. The van der Waals surface area contributed by atoms with Crippen LogP contribution in [0.3, 0.4) is 0 Å². The van der Waals surface area contributed by atoms with Gasteiger partial charge in [-0.05, 0) is 51.3 Å². The third-order valence-corrected chi connectivity index (χ3v) is 7.92. The van der Waals surface area contributed by atoms with Crippen LogP contribution in [-0.4, -0.2) is 56.0 Å². The molecule has 2 rings (SSSR count). The van der Waals surface area contributed by atoms with Crippen molar-refractivity contribution in [1.82, 2.24) is 0 Å². The summed E-state index contributed by atoms with van der Waals surface area (Å²) in [4.78, 5) is 12.9. The average Bonchev–Trinajstić information content (AvgIpc) is 3.05. The number of rotatable bonds is 9. The molecule has 9 heteroatoms. The molecule has 212 valence electrons. The molecular weight excluding hydrogens is 513 g/mol. The van der Waals surface area contributed by atoms with E-state index in [9.17, 15) is 23.1 Å². The number of esters is 1. The molecule has 0 bridgehead atoms. The minimum absolute atomic E-state index is 0.336. The van der Waals surface area contributed by atoms with Crippen LogP contribution in [0.5, 0.6) is 0 Å². The predicted octanol–water partition coefficient (Wildman–Crippen LogP) is 6.67. The van der Waals surface area contributed by atoms with Gasteiger partial charge in [0.25, 0.3) is 0 Å². The largest absolute Gasteiger partial charge is 0.462 e. The molecular formula is C29H41F3O5Si. The molecule has 1 fully saturated rings. The Morgan fingerprint density at radius 3 is 2.50 bits per heavy atom. The van der Waals surface area contributed by atoms with Crippen LogP contribution in [-0.2, 0) is 14.2 Å². The smallest absolute Gasteiger partial charge is 0.392 e. The van der Waals surface area contributed by atoms with Gasteiger partial charge in [-0.1, -0.05) is 68.3 Å². The first-order chi connectivity index (χ1) is 17.4. The van der Waals surface area contributed by atoms with E-state index in [1.54, 1.807) is 13.8 Å². The van der Waals surface area contributed by atoms with Gasteiger partial charge in [-0.25, -0.2) is 4.79 Å². The van der Waals surface area contributed by atoms with Crippen molar-refractivity contribution in [2.45, 2.75) is 103 Å². The van der Waals surface area contributed by atoms with Gasteiger partial charge in [0.1, 0.15) is 12.2 Å². The first-order valence-electron chi connectivity index (χ1n) is 12.9. The van der Waals surface area contributed by atoms with E-state index < -0.39 is 50.7 Å². The number of aryl methyl sites for hydroxylation is 2. The number of carbonyl (C=O) groups excluding carboxylic acids is 1. The molecule has 0 radical (unpaired) electrons. The second-order valence-corrected chi connectivity index (χ2v) is 17.3. The molecule has 1 saturated heterocycles. The quantitative estimate of drug-likeness (QED) is 0.210. The number of aliphatic hydroxyl groups is 1. The number of aliphatic hydroxyl groups excluding tert-OH is 1. The lowest BCUT2D eigenvalue weighted by Crippen LogP contribution is -2.34. The zero-order valence-electron chi connectivity index (χ0n) is 23.7. The van der Waals surface area contributed by atoms with Crippen molar-refractivity contribution in [2.24, 2.45) is 5.92 Å². The zero-order valence-corrected chi connectivity index (χ0v) is 24.7. The Hall–Kier alpha value is -2.12. The Labute approximate surface area is 225 Å². The minimum Gasteiger partial charge on any atom is -0.462 e. The summed E-state index contributed by atoms with van der Waals surface area (Å²) < 4.78 is 55.6. The lowest BCUT2D eigenvalue weighted by atomic mass is 9.97. The van der Waals surface area contributed by atoms with Gasteiger partial charge in [0.05, 0.1) is 24.2 Å². The fourth-order valence-corrected chi connectivity index (χ4v) is 4.80. The molecule has 0 spiro atoms. The van der Waals surface area contributed by atoms with E-state index >= 15 is 0 Å². The van der Waals surface area contributed by atoms with Crippen LogP contribution in [0.15, 0.2) is 18.2 Å². The van der Waals surface area contributed by atoms with E-state index in [4.69, 9.17) is 14.2 Å². The first-order valence-corrected chi connectivity index (χ1v) is 16.6. The molecule has 0 aliphatic carbocycles. The molecule has 1 aromatic rings. The van der Waals surface area contributed by atoms with E-state index in [0.29, 0.717) is 18.6 Å². The average molecular weight is 555 g/mol. The van der Waals surface area contributed by atoms with Crippen LogP contribution in [0.4, 0.5) is 13.2 Å². The molecule has 0 aromatic heterocycles. The summed E-state index contributed by atoms with van der Waals surface area (Å²) in [6.45, 7) is 15.3. The molecule has 0 amide bonds. The summed E-state index contributed by atoms with van der Waals surface area (Å²) in [6.07, 6.45) is -3.49. The van der Waals surface area contributed by atoms with Gasteiger partial charge < -0.3 is 19.3 Å². The van der Waals surface area contributed by atoms with Crippen LogP contribution in [0.1, 0.15) is 60.7 Å². The van der Waals surface area contributed by atoms with Crippen molar-refractivity contribution in [3.63, 3.8) is 0 Å². The summed E-state index contributed by atoms with van der Waals surface area (Å²) in [5.41, 5.74) is 3.05. The number of benzene rings is 1. The molecule has 0 saturated carbocycles. The van der Waals surface area contributed by atoms with Gasteiger partial charge in [-0.3, -0.25) is 0 Å². The van der Waals surface area contributed by atoms with Crippen molar-refractivity contribution < 1.29 is 37.3 Å². The minimum atomic E-state index is -4.34. The molecule has 1 heterocycles. The Kier molecular flexibility index (Phi) is 10.8. The van der Waals surface area contributed by atoms with Crippen molar-refractivity contribution in [1.29, 1.82) is 0 Å². The van der Waals surface area contributed by atoms with Gasteiger partial charge in [0, 0.05) is 14.5 Å². The number of carbonyl (C=O) groups is 1. The highest BCUT2D eigenvalue weighted by Crippen LogP contribution is 2.33. The summed E-state index contributed by atoms with van der Waals surface area (Å²) >= 11 is 0. The number of alkyl halides is 3. The Balaban J connectivity index is 2.16. The van der Waals surface area contributed by atoms with Gasteiger partial charge in [0.15, 0.2) is 5.79 Å². The maximum atomic E-state index is 12.9. The van der Waals surface area contributed by atoms with E-state index in [0.717, 1.165) is 29.7 Å². The Morgan fingerprint density at radius 2 is 1.89 bits per heavy atom. The van der Waals surface area contributed by atoms with Gasteiger partial charge >= 0.3 is 12.1 Å². The van der Waals surface area contributed by atoms with Crippen LogP contribution in [0.2, 0.25) is 25.7 Å². The highest BCUT2D eigenvalue weighted by atomic mass is 28.3. The highest BCUT2D eigenvalue weighted by molar-refractivity contribution is 6.76. The number of hydrogen-bond acceptors (Lipinski definition) is 5. The van der Waals surface area contributed by atoms with E-state index in [1.807, 2.05) is 38.1 Å².